The minimum Gasteiger partial charge on any atom is -0.342 e. The molecule has 9 heteroatoms. The van der Waals surface area contributed by atoms with Gasteiger partial charge in [-0.25, -0.2) is 8.42 Å². The Balaban J connectivity index is 0.00000208. The van der Waals surface area contributed by atoms with Crippen molar-refractivity contribution in [3.05, 3.63) is 11.9 Å². The van der Waals surface area contributed by atoms with E-state index in [4.69, 9.17) is 0 Å². The number of amides is 1. The lowest BCUT2D eigenvalue weighted by atomic mass is 9.99. The second kappa shape index (κ2) is 7.41. The molecule has 0 bridgehead atoms. The highest BCUT2D eigenvalue weighted by Gasteiger charge is 2.34. The number of likely N-dealkylation sites (tertiary alicyclic amines) is 1. The van der Waals surface area contributed by atoms with Crippen LogP contribution >= 0.6 is 12.4 Å². The van der Waals surface area contributed by atoms with Crippen LogP contribution in [0.2, 0.25) is 0 Å². The highest BCUT2D eigenvalue weighted by Crippen LogP contribution is 2.26. The van der Waals surface area contributed by atoms with Crippen LogP contribution in [0.15, 0.2) is 11.1 Å². The molecule has 1 aromatic heterocycles. The fourth-order valence-electron chi connectivity index (χ4n) is 3.57. The Kier molecular flexibility index (Phi) is 5.93. The number of nitrogens with zero attached hydrogens (tertiary/aromatic N) is 4. The van der Waals surface area contributed by atoms with Gasteiger partial charge >= 0.3 is 0 Å². The number of sulfonamides is 1. The van der Waals surface area contributed by atoms with E-state index in [-0.39, 0.29) is 29.1 Å². The van der Waals surface area contributed by atoms with E-state index in [1.807, 2.05) is 4.90 Å². The number of aromatic nitrogens is 2. The average molecular weight is 377 g/mol. The Morgan fingerprint density at radius 3 is 2.62 bits per heavy atom. The van der Waals surface area contributed by atoms with Crippen molar-refractivity contribution in [3.8, 4) is 0 Å². The van der Waals surface area contributed by atoms with Crippen molar-refractivity contribution >= 4 is 28.3 Å². The monoisotopic (exact) mass is 376 g/mol. The summed E-state index contributed by atoms with van der Waals surface area (Å²) in [5.74, 6) is 0.422. The highest BCUT2D eigenvalue weighted by atomic mass is 35.5. The number of piperidine rings is 1. The van der Waals surface area contributed by atoms with E-state index >= 15 is 0 Å². The van der Waals surface area contributed by atoms with E-state index in [1.165, 1.54) is 4.68 Å². The number of rotatable bonds is 4. The summed E-state index contributed by atoms with van der Waals surface area (Å²) in [5.41, 5.74) is 0.532. The molecule has 3 heterocycles. The quantitative estimate of drug-likeness (QED) is 0.790. The highest BCUT2D eigenvalue weighted by molar-refractivity contribution is 7.89. The molecule has 0 aliphatic carbocycles. The molecular formula is C15H25ClN4O3S. The zero-order valence-corrected chi connectivity index (χ0v) is 15.8. The lowest BCUT2D eigenvalue weighted by molar-refractivity contribution is -0.128. The first-order valence-electron chi connectivity index (χ1n) is 8.16. The third kappa shape index (κ3) is 3.75. The third-order valence-corrected chi connectivity index (χ3v) is 6.69. The van der Waals surface area contributed by atoms with Crippen LogP contribution in [0.3, 0.4) is 0 Å². The number of aryl methyl sites for hydroxylation is 2. The summed E-state index contributed by atoms with van der Waals surface area (Å²) in [6.07, 6.45) is 4.93. The van der Waals surface area contributed by atoms with Crippen LogP contribution < -0.4 is 0 Å². The van der Waals surface area contributed by atoms with Crippen molar-refractivity contribution in [2.75, 3.05) is 26.2 Å². The van der Waals surface area contributed by atoms with Crippen molar-refractivity contribution in [3.63, 3.8) is 0 Å². The third-order valence-electron chi connectivity index (χ3n) is 4.72. The second-order valence-corrected chi connectivity index (χ2v) is 8.47. The topological polar surface area (TPSA) is 75.5 Å². The Morgan fingerprint density at radius 2 is 2.04 bits per heavy atom. The Hall–Kier alpha value is -1.12. The summed E-state index contributed by atoms with van der Waals surface area (Å²) in [7, 11) is -1.78. The lowest BCUT2D eigenvalue weighted by Gasteiger charge is -2.33. The first-order chi connectivity index (χ1) is 10.9. The second-order valence-electron chi connectivity index (χ2n) is 6.57. The summed E-state index contributed by atoms with van der Waals surface area (Å²) >= 11 is 0. The van der Waals surface area contributed by atoms with Gasteiger partial charge in [0.1, 0.15) is 4.90 Å². The molecule has 0 saturated carbocycles. The van der Waals surface area contributed by atoms with Crippen LogP contribution in [0.5, 0.6) is 0 Å². The van der Waals surface area contributed by atoms with Crippen molar-refractivity contribution < 1.29 is 13.2 Å². The molecule has 2 aliphatic heterocycles. The zero-order chi connectivity index (χ0) is 16.6. The fraction of sp³-hybridized carbons (Fsp3) is 0.733. The summed E-state index contributed by atoms with van der Waals surface area (Å²) in [6.45, 7) is 4.24. The number of hydrogen-bond acceptors (Lipinski definition) is 4. The summed E-state index contributed by atoms with van der Waals surface area (Å²) in [6, 6.07) is 0. The molecule has 0 spiro atoms. The normalized spacial score (nSPS) is 22.7. The van der Waals surface area contributed by atoms with E-state index in [9.17, 15) is 13.2 Å². The minimum absolute atomic E-state index is 0. The molecule has 1 amide bonds. The zero-order valence-electron chi connectivity index (χ0n) is 14.1. The maximum absolute atomic E-state index is 12.9. The van der Waals surface area contributed by atoms with E-state index in [0.717, 1.165) is 25.8 Å². The molecule has 1 unspecified atom stereocenters. The molecule has 1 aromatic rings. The van der Waals surface area contributed by atoms with Crippen LogP contribution in [-0.4, -0.2) is 59.5 Å². The maximum Gasteiger partial charge on any atom is 0.246 e. The van der Waals surface area contributed by atoms with Gasteiger partial charge in [-0.05, 0) is 32.1 Å². The van der Waals surface area contributed by atoms with Gasteiger partial charge in [0, 0.05) is 45.8 Å². The van der Waals surface area contributed by atoms with E-state index < -0.39 is 10.0 Å². The Morgan fingerprint density at radius 1 is 1.29 bits per heavy atom. The summed E-state index contributed by atoms with van der Waals surface area (Å²) in [5, 5.41) is 4.14. The number of carbonyl (C=O) groups is 1. The molecule has 136 valence electrons. The van der Waals surface area contributed by atoms with Crippen LogP contribution in [0, 0.1) is 12.8 Å². The minimum atomic E-state index is -3.51. The molecule has 2 saturated heterocycles. The molecule has 2 aliphatic rings. The van der Waals surface area contributed by atoms with E-state index in [0.29, 0.717) is 31.7 Å². The number of carbonyl (C=O) groups excluding carboxylic acids is 1. The van der Waals surface area contributed by atoms with E-state index in [2.05, 4.69) is 5.10 Å². The van der Waals surface area contributed by atoms with Crippen molar-refractivity contribution in [2.45, 2.75) is 37.5 Å². The Labute approximate surface area is 149 Å². The van der Waals surface area contributed by atoms with Gasteiger partial charge < -0.3 is 4.90 Å². The molecular weight excluding hydrogens is 352 g/mol. The van der Waals surface area contributed by atoms with E-state index in [1.54, 1.807) is 24.5 Å². The summed E-state index contributed by atoms with van der Waals surface area (Å²) < 4.78 is 28.8. The van der Waals surface area contributed by atoms with Crippen LogP contribution in [0.25, 0.3) is 0 Å². The maximum atomic E-state index is 12.9. The van der Waals surface area contributed by atoms with Crippen LogP contribution in [0.1, 0.15) is 31.4 Å². The largest absolute Gasteiger partial charge is 0.342 e. The number of hydrogen-bond donors (Lipinski definition) is 0. The first-order valence-corrected chi connectivity index (χ1v) is 9.60. The van der Waals surface area contributed by atoms with Gasteiger partial charge in [0.15, 0.2) is 0 Å². The van der Waals surface area contributed by atoms with Crippen molar-refractivity contribution in [1.29, 1.82) is 0 Å². The predicted molar refractivity (Wildman–Crippen MR) is 92.5 cm³/mol. The molecule has 2 fully saturated rings. The first kappa shape index (κ1) is 19.2. The smallest absolute Gasteiger partial charge is 0.246 e. The summed E-state index contributed by atoms with van der Waals surface area (Å²) in [4.78, 5) is 14.0. The van der Waals surface area contributed by atoms with Gasteiger partial charge in [-0.3, -0.25) is 9.48 Å². The van der Waals surface area contributed by atoms with Gasteiger partial charge in [0.05, 0.1) is 5.69 Å². The Bertz CT molecular complexity index is 704. The molecule has 1 atom stereocenters. The lowest BCUT2D eigenvalue weighted by Crippen LogP contribution is -2.44. The predicted octanol–water partition coefficient (Wildman–Crippen LogP) is 1.17. The van der Waals surface area contributed by atoms with Gasteiger partial charge in [-0.1, -0.05) is 0 Å². The molecule has 7 nitrogen and oxygen atoms in total. The molecule has 0 aromatic carbocycles. The molecule has 0 radical (unpaired) electrons. The molecule has 24 heavy (non-hydrogen) atoms. The SMILES string of the molecule is Cc1nn(C)cc1S(=O)(=O)N1CCCC(CN2CCCC2=O)C1.Cl. The standard InChI is InChI=1S/C15H24N4O3S.ClH/c1-12-14(11-17(2)16-12)23(21,22)19-8-3-5-13(10-19)9-18-7-4-6-15(18)20;/h11,13H,3-10H2,1-2H3;1H. The number of halogens is 1. The van der Waals surface area contributed by atoms with Gasteiger partial charge in [0.25, 0.3) is 0 Å². The molecule has 0 N–H and O–H groups in total. The van der Waals surface area contributed by atoms with Gasteiger partial charge in [0.2, 0.25) is 15.9 Å². The average Bonchev–Trinajstić information content (AvgIpc) is 3.05. The van der Waals surface area contributed by atoms with Crippen LogP contribution in [-0.2, 0) is 21.9 Å². The van der Waals surface area contributed by atoms with Gasteiger partial charge in [-0.15, -0.1) is 12.4 Å². The van der Waals surface area contributed by atoms with Crippen molar-refractivity contribution in [2.24, 2.45) is 13.0 Å². The van der Waals surface area contributed by atoms with Crippen molar-refractivity contribution in [1.82, 2.24) is 19.0 Å². The molecule has 3 rings (SSSR count). The van der Waals surface area contributed by atoms with Crippen LogP contribution in [0.4, 0.5) is 0 Å². The fourth-order valence-corrected chi connectivity index (χ4v) is 5.33. The van der Waals surface area contributed by atoms with Gasteiger partial charge in [-0.2, -0.15) is 9.40 Å².